The Labute approximate surface area is 77.6 Å². The summed E-state index contributed by atoms with van der Waals surface area (Å²) in [5.41, 5.74) is 0.546. The van der Waals surface area contributed by atoms with E-state index in [4.69, 9.17) is 5.26 Å². The second kappa shape index (κ2) is 4.46. The minimum Gasteiger partial charge on any atom is -0.332 e. The van der Waals surface area contributed by atoms with Crippen molar-refractivity contribution in [3.8, 4) is 6.07 Å². The maximum Gasteiger partial charge on any atom is 0.152 e. The molecule has 0 unspecified atom stereocenters. The van der Waals surface area contributed by atoms with Crippen molar-refractivity contribution in [1.29, 1.82) is 5.26 Å². The van der Waals surface area contributed by atoms with Crippen LogP contribution in [0.5, 0.6) is 0 Å². The van der Waals surface area contributed by atoms with E-state index in [9.17, 15) is 4.79 Å². The summed E-state index contributed by atoms with van der Waals surface area (Å²) in [5, 5.41) is 8.67. The van der Waals surface area contributed by atoms with Crippen LogP contribution < -0.4 is 0 Å². The number of aromatic nitrogens is 1. The lowest BCUT2D eigenvalue weighted by Gasteiger charge is -2.01. The molecule has 1 aromatic rings. The highest BCUT2D eigenvalue weighted by molar-refractivity contribution is 5.78. The first-order chi connectivity index (χ1) is 6.27. The van der Waals surface area contributed by atoms with Crippen molar-refractivity contribution in [2.45, 2.75) is 26.3 Å². The monoisotopic (exact) mass is 176 g/mol. The van der Waals surface area contributed by atoms with Crippen LogP contribution in [-0.2, 0) is 11.3 Å². The summed E-state index contributed by atoms with van der Waals surface area (Å²) in [6.45, 7) is 2.29. The van der Waals surface area contributed by atoms with Crippen LogP contribution in [-0.4, -0.2) is 10.4 Å². The molecular formula is C10H12N2O. The molecule has 0 aliphatic rings. The standard InChI is InChI=1S/C10H12N2O/c1-2-4-10(13)8-12-6-3-5-9(12)7-11/h3,5-6H,2,4,8H2,1H3. The van der Waals surface area contributed by atoms with Crippen LogP contribution in [0.2, 0.25) is 0 Å². The third-order valence-corrected chi connectivity index (χ3v) is 1.82. The molecule has 0 spiro atoms. The van der Waals surface area contributed by atoms with Gasteiger partial charge in [-0.05, 0) is 18.6 Å². The van der Waals surface area contributed by atoms with Gasteiger partial charge in [0, 0.05) is 12.6 Å². The number of hydrogen-bond donors (Lipinski definition) is 0. The highest BCUT2D eigenvalue weighted by Crippen LogP contribution is 2.02. The van der Waals surface area contributed by atoms with Crippen LogP contribution in [0.4, 0.5) is 0 Å². The second-order valence-corrected chi connectivity index (χ2v) is 2.92. The second-order valence-electron chi connectivity index (χ2n) is 2.92. The quantitative estimate of drug-likeness (QED) is 0.701. The minimum atomic E-state index is 0.176. The average molecular weight is 176 g/mol. The summed E-state index contributed by atoms with van der Waals surface area (Å²) in [6.07, 6.45) is 3.21. The van der Waals surface area contributed by atoms with Crippen molar-refractivity contribution in [1.82, 2.24) is 4.57 Å². The molecule has 0 atom stereocenters. The Bertz CT molecular complexity index is 333. The molecule has 13 heavy (non-hydrogen) atoms. The molecule has 0 aliphatic carbocycles. The zero-order valence-electron chi connectivity index (χ0n) is 7.66. The fraction of sp³-hybridized carbons (Fsp3) is 0.400. The van der Waals surface area contributed by atoms with Gasteiger partial charge in [-0.2, -0.15) is 5.26 Å². The number of ketones is 1. The molecule has 1 rings (SSSR count). The van der Waals surface area contributed by atoms with Crippen LogP contribution in [0.3, 0.4) is 0 Å². The molecule has 68 valence electrons. The molecule has 0 saturated heterocycles. The predicted octanol–water partition coefficient (Wildman–Crippen LogP) is 1.73. The van der Waals surface area contributed by atoms with Gasteiger partial charge in [-0.15, -0.1) is 0 Å². The lowest BCUT2D eigenvalue weighted by molar-refractivity contribution is -0.119. The topological polar surface area (TPSA) is 45.8 Å². The third-order valence-electron chi connectivity index (χ3n) is 1.82. The lowest BCUT2D eigenvalue weighted by Crippen LogP contribution is -2.09. The van der Waals surface area contributed by atoms with Gasteiger partial charge in [0.05, 0.1) is 6.54 Å². The normalized spacial score (nSPS) is 9.54. The first-order valence-corrected chi connectivity index (χ1v) is 4.35. The van der Waals surface area contributed by atoms with Gasteiger partial charge < -0.3 is 4.57 Å². The first-order valence-electron chi connectivity index (χ1n) is 4.35. The van der Waals surface area contributed by atoms with E-state index in [1.54, 1.807) is 22.9 Å². The van der Waals surface area contributed by atoms with Crippen LogP contribution in [0.15, 0.2) is 18.3 Å². The van der Waals surface area contributed by atoms with Crippen molar-refractivity contribution in [3.05, 3.63) is 24.0 Å². The number of carbonyl (C=O) groups is 1. The Morgan fingerprint density at radius 1 is 1.69 bits per heavy atom. The fourth-order valence-electron chi connectivity index (χ4n) is 1.20. The van der Waals surface area contributed by atoms with E-state index in [1.165, 1.54) is 0 Å². The fourth-order valence-corrected chi connectivity index (χ4v) is 1.20. The molecule has 0 saturated carbocycles. The average Bonchev–Trinajstić information content (AvgIpc) is 2.52. The van der Waals surface area contributed by atoms with Gasteiger partial charge in [0.2, 0.25) is 0 Å². The highest BCUT2D eigenvalue weighted by Gasteiger charge is 2.04. The van der Waals surface area contributed by atoms with Crippen molar-refractivity contribution in [3.63, 3.8) is 0 Å². The van der Waals surface area contributed by atoms with Gasteiger partial charge in [0.1, 0.15) is 11.8 Å². The largest absolute Gasteiger partial charge is 0.332 e. The maximum atomic E-state index is 11.2. The van der Waals surface area contributed by atoms with E-state index in [0.717, 1.165) is 6.42 Å². The summed E-state index contributed by atoms with van der Waals surface area (Å²) < 4.78 is 1.68. The van der Waals surface area contributed by atoms with Crippen LogP contribution >= 0.6 is 0 Å². The molecule has 0 aromatic carbocycles. The number of carbonyl (C=O) groups excluding carboxylic acids is 1. The summed E-state index contributed by atoms with van der Waals surface area (Å²) in [7, 11) is 0. The van der Waals surface area contributed by atoms with Crippen LogP contribution in [0.25, 0.3) is 0 Å². The Hall–Kier alpha value is -1.56. The van der Waals surface area contributed by atoms with Crippen molar-refractivity contribution in [2.75, 3.05) is 0 Å². The third kappa shape index (κ3) is 2.45. The number of nitriles is 1. The van der Waals surface area contributed by atoms with E-state index in [2.05, 4.69) is 0 Å². The molecule has 0 fully saturated rings. The molecule has 1 aromatic heterocycles. The Morgan fingerprint density at radius 2 is 2.46 bits per heavy atom. The number of nitrogens with zero attached hydrogens (tertiary/aromatic N) is 2. The van der Waals surface area contributed by atoms with Gasteiger partial charge in [0.15, 0.2) is 5.78 Å². The molecule has 1 heterocycles. The van der Waals surface area contributed by atoms with Gasteiger partial charge >= 0.3 is 0 Å². The molecule has 0 bridgehead atoms. The molecule has 3 nitrogen and oxygen atoms in total. The van der Waals surface area contributed by atoms with E-state index < -0.39 is 0 Å². The van der Waals surface area contributed by atoms with Crippen LogP contribution in [0, 0.1) is 11.3 Å². The number of Topliss-reactive ketones (excluding diaryl/α,β-unsaturated/α-hetero) is 1. The van der Waals surface area contributed by atoms with Gasteiger partial charge in [-0.1, -0.05) is 6.92 Å². The Balaban J connectivity index is 2.64. The van der Waals surface area contributed by atoms with E-state index in [1.807, 2.05) is 13.0 Å². The zero-order valence-corrected chi connectivity index (χ0v) is 7.66. The highest BCUT2D eigenvalue weighted by atomic mass is 16.1. The van der Waals surface area contributed by atoms with Crippen LogP contribution in [0.1, 0.15) is 25.5 Å². The van der Waals surface area contributed by atoms with Crippen molar-refractivity contribution in [2.24, 2.45) is 0 Å². The summed E-state index contributed by atoms with van der Waals surface area (Å²) in [4.78, 5) is 11.2. The summed E-state index contributed by atoms with van der Waals surface area (Å²) >= 11 is 0. The minimum absolute atomic E-state index is 0.176. The maximum absolute atomic E-state index is 11.2. The summed E-state index contributed by atoms with van der Waals surface area (Å²) in [6, 6.07) is 5.52. The van der Waals surface area contributed by atoms with E-state index in [0.29, 0.717) is 18.7 Å². The van der Waals surface area contributed by atoms with Gasteiger partial charge in [-0.3, -0.25) is 4.79 Å². The zero-order chi connectivity index (χ0) is 9.68. The number of hydrogen-bond acceptors (Lipinski definition) is 2. The Morgan fingerprint density at radius 3 is 3.08 bits per heavy atom. The van der Waals surface area contributed by atoms with E-state index >= 15 is 0 Å². The molecule has 0 amide bonds. The SMILES string of the molecule is CCCC(=O)Cn1cccc1C#N. The van der Waals surface area contributed by atoms with Crippen molar-refractivity contribution >= 4 is 5.78 Å². The molecule has 0 N–H and O–H groups in total. The van der Waals surface area contributed by atoms with Gasteiger partial charge in [0.25, 0.3) is 0 Å². The summed E-state index contributed by atoms with van der Waals surface area (Å²) in [5.74, 6) is 0.176. The predicted molar refractivity (Wildman–Crippen MR) is 49.1 cm³/mol. The first kappa shape index (κ1) is 9.53. The van der Waals surface area contributed by atoms with E-state index in [-0.39, 0.29) is 5.78 Å². The smallest absolute Gasteiger partial charge is 0.152 e. The molecule has 3 heteroatoms. The molecule has 0 aliphatic heterocycles. The van der Waals surface area contributed by atoms with Crippen molar-refractivity contribution < 1.29 is 4.79 Å². The molecular weight excluding hydrogens is 164 g/mol. The number of rotatable bonds is 4. The lowest BCUT2D eigenvalue weighted by atomic mass is 10.2. The molecule has 0 radical (unpaired) electrons. The van der Waals surface area contributed by atoms with Gasteiger partial charge in [-0.25, -0.2) is 0 Å². The Kier molecular flexibility index (Phi) is 3.27.